The topological polar surface area (TPSA) is 55.4 Å². The molecule has 2 rings (SSSR count). The molecule has 5 heteroatoms. The second-order valence-electron chi connectivity index (χ2n) is 4.84. The van der Waals surface area contributed by atoms with Crippen LogP contribution in [-0.4, -0.2) is 33.9 Å². The zero-order chi connectivity index (χ0) is 13.7. The number of nitrogens with one attached hydrogen (secondary N) is 1. The summed E-state index contributed by atoms with van der Waals surface area (Å²) < 4.78 is 29.4. The molecule has 1 N–H and O–H groups in total. The normalized spacial score (nSPS) is 15.4. The lowest BCUT2D eigenvalue weighted by Crippen LogP contribution is -2.14. The van der Waals surface area contributed by atoms with Crippen LogP contribution in [0.3, 0.4) is 0 Å². The third-order valence-corrected chi connectivity index (χ3v) is 5.00. The van der Waals surface area contributed by atoms with Gasteiger partial charge in [0.15, 0.2) is 9.84 Å². The van der Waals surface area contributed by atoms with Crippen LogP contribution in [0.5, 0.6) is 0 Å². The lowest BCUT2D eigenvalue weighted by Gasteiger charge is -2.11. The van der Waals surface area contributed by atoms with Crippen molar-refractivity contribution < 1.29 is 13.2 Å². The highest BCUT2D eigenvalue weighted by atomic mass is 32.2. The van der Waals surface area contributed by atoms with Crippen molar-refractivity contribution >= 4 is 15.5 Å². The molecular formula is C14H21NO3S. The van der Waals surface area contributed by atoms with Crippen LogP contribution in [0.2, 0.25) is 0 Å². The van der Waals surface area contributed by atoms with Crippen molar-refractivity contribution in [1.82, 2.24) is 0 Å². The van der Waals surface area contributed by atoms with Gasteiger partial charge in [-0.15, -0.1) is 0 Å². The smallest absolute Gasteiger partial charge is 0.180 e. The molecule has 0 bridgehead atoms. The summed E-state index contributed by atoms with van der Waals surface area (Å²) in [6, 6.07) is 7.02. The van der Waals surface area contributed by atoms with E-state index in [-0.39, 0.29) is 5.75 Å². The molecule has 0 amide bonds. The highest BCUT2D eigenvalue weighted by Gasteiger charge is 2.21. The zero-order valence-electron chi connectivity index (χ0n) is 11.3. The number of rotatable bonds is 8. The first-order chi connectivity index (χ1) is 9.13. The number of sulfone groups is 1. The Morgan fingerprint density at radius 2 is 2.05 bits per heavy atom. The van der Waals surface area contributed by atoms with E-state index in [4.69, 9.17) is 4.74 Å². The zero-order valence-corrected chi connectivity index (χ0v) is 12.1. The highest BCUT2D eigenvalue weighted by Crippen LogP contribution is 2.28. The fourth-order valence-electron chi connectivity index (χ4n) is 1.83. The van der Waals surface area contributed by atoms with Crippen molar-refractivity contribution in [3.05, 3.63) is 24.3 Å². The van der Waals surface area contributed by atoms with Crippen molar-refractivity contribution in [2.45, 2.75) is 24.7 Å². The molecule has 0 radical (unpaired) electrons. The summed E-state index contributed by atoms with van der Waals surface area (Å²) >= 11 is 0. The second-order valence-corrected chi connectivity index (χ2v) is 7.09. The van der Waals surface area contributed by atoms with Crippen LogP contribution < -0.4 is 5.32 Å². The third-order valence-electron chi connectivity index (χ3n) is 3.21. The molecular weight excluding hydrogens is 262 g/mol. The largest absolute Gasteiger partial charge is 0.382 e. The SMILES string of the molecule is CCS(=O)(=O)c1ccccc1NCCOCC1CC1. The predicted octanol–water partition coefficient (Wildman–Crippen LogP) is 2.32. The van der Waals surface area contributed by atoms with Crippen molar-refractivity contribution in [2.75, 3.05) is 30.8 Å². The van der Waals surface area contributed by atoms with Gasteiger partial charge in [-0.1, -0.05) is 19.1 Å². The van der Waals surface area contributed by atoms with Gasteiger partial charge in [0, 0.05) is 13.2 Å². The molecule has 0 spiro atoms. The van der Waals surface area contributed by atoms with Gasteiger partial charge >= 0.3 is 0 Å². The van der Waals surface area contributed by atoms with E-state index in [1.54, 1.807) is 25.1 Å². The molecule has 0 aromatic heterocycles. The fourth-order valence-corrected chi connectivity index (χ4v) is 2.90. The van der Waals surface area contributed by atoms with Gasteiger partial charge in [0.25, 0.3) is 0 Å². The van der Waals surface area contributed by atoms with E-state index in [9.17, 15) is 8.42 Å². The number of hydrogen-bond acceptors (Lipinski definition) is 4. The molecule has 0 saturated heterocycles. The average molecular weight is 283 g/mol. The summed E-state index contributed by atoms with van der Waals surface area (Å²) in [5.74, 6) is 0.872. The molecule has 1 aromatic carbocycles. The maximum Gasteiger partial charge on any atom is 0.180 e. The van der Waals surface area contributed by atoms with E-state index in [1.807, 2.05) is 6.07 Å². The summed E-state index contributed by atoms with van der Waals surface area (Å²) in [5.41, 5.74) is 0.666. The molecule has 1 aliphatic rings. The van der Waals surface area contributed by atoms with Crippen LogP contribution in [0.1, 0.15) is 19.8 Å². The predicted molar refractivity (Wildman–Crippen MR) is 76.2 cm³/mol. The monoisotopic (exact) mass is 283 g/mol. The van der Waals surface area contributed by atoms with Crippen molar-refractivity contribution in [2.24, 2.45) is 5.92 Å². The van der Waals surface area contributed by atoms with Gasteiger partial charge in [0.05, 0.1) is 22.9 Å². The Morgan fingerprint density at radius 3 is 2.74 bits per heavy atom. The first-order valence-electron chi connectivity index (χ1n) is 6.77. The minimum Gasteiger partial charge on any atom is -0.382 e. The lowest BCUT2D eigenvalue weighted by atomic mass is 10.3. The van der Waals surface area contributed by atoms with Crippen LogP contribution in [0.15, 0.2) is 29.2 Å². The molecule has 1 aliphatic carbocycles. The molecule has 1 fully saturated rings. The van der Waals surface area contributed by atoms with Gasteiger partial charge < -0.3 is 10.1 Å². The number of ether oxygens (including phenoxy) is 1. The first kappa shape index (κ1) is 14.3. The molecule has 0 aliphatic heterocycles. The van der Waals surface area contributed by atoms with Crippen molar-refractivity contribution in [3.8, 4) is 0 Å². The summed E-state index contributed by atoms with van der Waals surface area (Å²) in [6.45, 7) is 3.72. The molecule has 4 nitrogen and oxygen atoms in total. The Kier molecular flexibility index (Phi) is 4.82. The van der Waals surface area contributed by atoms with Crippen LogP contribution in [0.25, 0.3) is 0 Å². The van der Waals surface area contributed by atoms with Crippen LogP contribution >= 0.6 is 0 Å². The standard InChI is InChI=1S/C14H21NO3S/c1-2-19(16,17)14-6-4-3-5-13(14)15-9-10-18-11-12-7-8-12/h3-6,12,15H,2,7-11H2,1H3. The van der Waals surface area contributed by atoms with E-state index in [0.717, 1.165) is 12.5 Å². The van der Waals surface area contributed by atoms with E-state index in [0.29, 0.717) is 23.7 Å². The molecule has 0 atom stereocenters. The van der Waals surface area contributed by atoms with Gasteiger partial charge in [0.1, 0.15) is 0 Å². The number of para-hydroxylation sites is 1. The second kappa shape index (κ2) is 6.39. The number of benzene rings is 1. The third kappa shape index (κ3) is 4.21. The van der Waals surface area contributed by atoms with E-state index < -0.39 is 9.84 Å². The Hall–Kier alpha value is -1.07. The minimum atomic E-state index is -3.18. The van der Waals surface area contributed by atoms with Crippen LogP contribution in [0, 0.1) is 5.92 Å². The Morgan fingerprint density at radius 1 is 1.32 bits per heavy atom. The van der Waals surface area contributed by atoms with Gasteiger partial charge in [-0.05, 0) is 30.9 Å². The van der Waals surface area contributed by atoms with Gasteiger partial charge in [0.2, 0.25) is 0 Å². The maximum absolute atomic E-state index is 11.9. The Labute approximate surface area is 115 Å². The summed E-state index contributed by atoms with van der Waals surface area (Å²) in [4.78, 5) is 0.375. The van der Waals surface area contributed by atoms with Crippen molar-refractivity contribution in [3.63, 3.8) is 0 Å². The molecule has 1 saturated carbocycles. The summed E-state index contributed by atoms with van der Waals surface area (Å²) in [7, 11) is -3.18. The Balaban J connectivity index is 1.88. The molecule has 1 aromatic rings. The minimum absolute atomic E-state index is 0.115. The number of anilines is 1. The van der Waals surface area contributed by atoms with Gasteiger partial charge in [-0.2, -0.15) is 0 Å². The molecule has 19 heavy (non-hydrogen) atoms. The first-order valence-corrected chi connectivity index (χ1v) is 8.42. The highest BCUT2D eigenvalue weighted by molar-refractivity contribution is 7.91. The van der Waals surface area contributed by atoms with E-state index >= 15 is 0 Å². The average Bonchev–Trinajstić information content (AvgIpc) is 3.23. The molecule has 0 unspecified atom stereocenters. The molecule has 0 heterocycles. The van der Waals surface area contributed by atoms with Crippen LogP contribution in [-0.2, 0) is 14.6 Å². The fraction of sp³-hybridized carbons (Fsp3) is 0.571. The van der Waals surface area contributed by atoms with E-state index in [2.05, 4.69) is 5.32 Å². The van der Waals surface area contributed by atoms with Crippen LogP contribution in [0.4, 0.5) is 5.69 Å². The van der Waals surface area contributed by atoms with Gasteiger partial charge in [-0.25, -0.2) is 8.42 Å². The Bertz CT molecular complexity index is 509. The summed E-state index contributed by atoms with van der Waals surface area (Å²) in [6.07, 6.45) is 2.57. The quantitative estimate of drug-likeness (QED) is 0.744. The lowest BCUT2D eigenvalue weighted by molar-refractivity contribution is 0.134. The summed E-state index contributed by atoms with van der Waals surface area (Å²) in [5, 5.41) is 3.14. The van der Waals surface area contributed by atoms with Gasteiger partial charge in [-0.3, -0.25) is 0 Å². The maximum atomic E-state index is 11.9. The number of hydrogen-bond donors (Lipinski definition) is 1. The molecule has 106 valence electrons. The van der Waals surface area contributed by atoms with E-state index in [1.165, 1.54) is 12.8 Å². The van der Waals surface area contributed by atoms with Crippen molar-refractivity contribution in [1.29, 1.82) is 0 Å².